The fourth-order valence-electron chi connectivity index (χ4n) is 2.29. The Morgan fingerprint density at radius 1 is 1.05 bits per heavy atom. The largest absolute Gasteiger partial charge is 0.378 e. The molecule has 0 saturated heterocycles. The summed E-state index contributed by atoms with van der Waals surface area (Å²) in [6.07, 6.45) is 3.64. The summed E-state index contributed by atoms with van der Waals surface area (Å²) < 4.78 is 15.5. The Hall–Kier alpha value is -2.62. The predicted octanol–water partition coefficient (Wildman–Crippen LogP) is 4.18. The summed E-state index contributed by atoms with van der Waals surface area (Å²) in [4.78, 5) is 0. The van der Waals surface area contributed by atoms with Crippen molar-refractivity contribution in [1.82, 2.24) is 9.78 Å². The number of aromatic nitrogens is 2. The van der Waals surface area contributed by atoms with Gasteiger partial charge in [-0.25, -0.2) is 9.07 Å². The van der Waals surface area contributed by atoms with Crippen LogP contribution in [0, 0.1) is 5.82 Å². The van der Waals surface area contributed by atoms with Gasteiger partial charge in [0.15, 0.2) is 0 Å². The number of hydrogen-bond donors (Lipinski definition) is 1. The van der Waals surface area contributed by atoms with E-state index >= 15 is 0 Å². The van der Waals surface area contributed by atoms with E-state index in [2.05, 4.69) is 10.4 Å². The molecule has 0 radical (unpaired) electrons. The van der Waals surface area contributed by atoms with Gasteiger partial charge in [-0.3, -0.25) is 0 Å². The zero-order valence-corrected chi connectivity index (χ0v) is 11.7. The topological polar surface area (TPSA) is 29.9 Å². The molecular weight excluding hydrogens is 265 g/mol. The molecular formula is C17H16FN3. The molecule has 0 aliphatic rings. The zero-order valence-electron chi connectivity index (χ0n) is 11.7. The molecule has 0 saturated carbocycles. The minimum atomic E-state index is -0.189. The van der Waals surface area contributed by atoms with Crippen molar-refractivity contribution >= 4 is 5.69 Å². The summed E-state index contributed by atoms with van der Waals surface area (Å²) >= 11 is 0. The summed E-state index contributed by atoms with van der Waals surface area (Å²) in [5.74, 6) is -0.189. The Bertz CT molecular complexity index is 705. The van der Waals surface area contributed by atoms with Gasteiger partial charge in [0.25, 0.3) is 0 Å². The molecule has 0 spiro atoms. The average Bonchev–Trinajstić information content (AvgIpc) is 3.02. The average molecular weight is 281 g/mol. The molecule has 2 aromatic carbocycles. The molecule has 1 heterocycles. The van der Waals surface area contributed by atoms with Gasteiger partial charge in [-0.15, -0.1) is 0 Å². The molecule has 0 aliphatic heterocycles. The third kappa shape index (κ3) is 2.94. The van der Waals surface area contributed by atoms with E-state index < -0.39 is 0 Å². The highest BCUT2D eigenvalue weighted by Gasteiger charge is 2.09. The van der Waals surface area contributed by atoms with Gasteiger partial charge in [0.1, 0.15) is 5.82 Å². The smallest absolute Gasteiger partial charge is 0.128 e. The minimum Gasteiger partial charge on any atom is -0.378 e. The maximum absolute atomic E-state index is 13.7. The lowest BCUT2D eigenvalue weighted by Gasteiger charge is -2.16. The van der Waals surface area contributed by atoms with E-state index in [0.29, 0.717) is 5.56 Å². The van der Waals surface area contributed by atoms with E-state index in [9.17, 15) is 4.39 Å². The quantitative estimate of drug-likeness (QED) is 0.777. The van der Waals surface area contributed by atoms with E-state index in [4.69, 9.17) is 0 Å². The van der Waals surface area contributed by atoms with Crippen LogP contribution in [0.3, 0.4) is 0 Å². The lowest BCUT2D eigenvalue weighted by molar-refractivity contribution is 0.600. The molecule has 3 rings (SSSR count). The number of hydrogen-bond acceptors (Lipinski definition) is 2. The van der Waals surface area contributed by atoms with Gasteiger partial charge >= 0.3 is 0 Å². The highest BCUT2D eigenvalue weighted by Crippen LogP contribution is 2.22. The van der Waals surface area contributed by atoms with Crippen LogP contribution in [-0.4, -0.2) is 9.78 Å². The summed E-state index contributed by atoms with van der Waals surface area (Å²) in [6.45, 7) is 1.94. The lowest BCUT2D eigenvalue weighted by Crippen LogP contribution is -2.08. The van der Waals surface area contributed by atoms with Crippen LogP contribution in [0.1, 0.15) is 18.5 Å². The van der Waals surface area contributed by atoms with Crippen LogP contribution in [0.5, 0.6) is 0 Å². The zero-order chi connectivity index (χ0) is 14.7. The van der Waals surface area contributed by atoms with E-state index in [0.717, 1.165) is 11.4 Å². The van der Waals surface area contributed by atoms with Crippen molar-refractivity contribution in [2.75, 3.05) is 5.32 Å². The molecule has 0 bridgehead atoms. The van der Waals surface area contributed by atoms with Crippen molar-refractivity contribution in [3.63, 3.8) is 0 Å². The molecule has 3 nitrogen and oxygen atoms in total. The summed E-state index contributed by atoms with van der Waals surface area (Å²) in [5.41, 5.74) is 2.60. The second-order valence-electron chi connectivity index (χ2n) is 4.89. The van der Waals surface area contributed by atoms with Crippen LogP contribution in [0.2, 0.25) is 0 Å². The highest BCUT2D eigenvalue weighted by atomic mass is 19.1. The van der Waals surface area contributed by atoms with Crippen molar-refractivity contribution in [3.8, 4) is 5.69 Å². The Kier molecular flexibility index (Phi) is 3.69. The first-order chi connectivity index (χ1) is 10.2. The summed E-state index contributed by atoms with van der Waals surface area (Å²) in [7, 11) is 0. The lowest BCUT2D eigenvalue weighted by atomic mass is 10.1. The SMILES string of the molecule is CC(Nc1ccc(-n2cccn2)cc1)c1ccccc1F. The highest BCUT2D eigenvalue weighted by molar-refractivity contribution is 5.50. The Morgan fingerprint density at radius 3 is 2.48 bits per heavy atom. The van der Waals surface area contributed by atoms with Crippen LogP contribution < -0.4 is 5.32 Å². The van der Waals surface area contributed by atoms with Gasteiger partial charge in [0.2, 0.25) is 0 Å². The number of benzene rings is 2. The van der Waals surface area contributed by atoms with Crippen LogP contribution in [0.25, 0.3) is 5.69 Å². The van der Waals surface area contributed by atoms with E-state index in [1.807, 2.05) is 49.5 Å². The second-order valence-corrected chi connectivity index (χ2v) is 4.89. The van der Waals surface area contributed by atoms with E-state index in [1.165, 1.54) is 6.07 Å². The number of nitrogens with zero attached hydrogens (tertiary/aromatic N) is 2. The number of anilines is 1. The molecule has 0 fully saturated rings. The molecule has 1 aromatic heterocycles. The van der Waals surface area contributed by atoms with Crippen molar-refractivity contribution in [2.24, 2.45) is 0 Å². The van der Waals surface area contributed by atoms with Crippen LogP contribution in [0.4, 0.5) is 10.1 Å². The first kappa shape index (κ1) is 13.4. The standard InChI is InChI=1S/C17H16FN3/c1-13(16-5-2-3-6-17(16)18)20-14-7-9-15(10-8-14)21-12-4-11-19-21/h2-13,20H,1H3. The molecule has 106 valence electrons. The third-order valence-electron chi connectivity index (χ3n) is 3.39. The van der Waals surface area contributed by atoms with Gasteiger partial charge in [-0.1, -0.05) is 18.2 Å². The van der Waals surface area contributed by atoms with Crippen LogP contribution in [-0.2, 0) is 0 Å². The molecule has 1 N–H and O–H groups in total. The van der Waals surface area contributed by atoms with Crippen molar-refractivity contribution in [2.45, 2.75) is 13.0 Å². The number of nitrogens with one attached hydrogen (secondary N) is 1. The first-order valence-electron chi connectivity index (χ1n) is 6.85. The molecule has 21 heavy (non-hydrogen) atoms. The fourth-order valence-corrected chi connectivity index (χ4v) is 2.29. The first-order valence-corrected chi connectivity index (χ1v) is 6.85. The van der Waals surface area contributed by atoms with Gasteiger partial charge in [-0.2, -0.15) is 5.10 Å². The van der Waals surface area contributed by atoms with Gasteiger partial charge in [0, 0.05) is 23.6 Å². The Morgan fingerprint density at radius 2 is 1.81 bits per heavy atom. The molecule has 0 amide bonds. The maximum Gasteiger partial charge on any atom is 0.128 e. The molecule has 3 aromatic rings. The van der Waals surface area contributed by atoms with Gasteiger partial charge < -0.3 is 5.32 Å². The maximum atomic E-state index is 13.7. The van der Waals surface area contributed by atoms with Crippen molar-refractivity contribution in [1.29, 1.82) is 0 Å². The van der Waals surface area contributed by atoms with E-state index in [1.54, 1.807) is 23.0 Å². The van der Waals surface area contributed by atoms with E-state index in [-0.39, 0.29) is 11.9 Å². The van der Waals surface area contributed by atoms with Crippen LogP contribution in [0.15, 0.2) is 67.0 Å². The third-order valence-corrected chi connectivity index (χ3v) is 3.39. The number of rotatable bonds is 4. The Balaban J connectivity index is 1.75. The molecule has 4 heteroatoms. The van der Waals surface area contributed by atoms with Gasteiger partial charge in [0.05, 0.1) is 11.7 Å². The summed E-state index contributed by atoms with van der Waals surface area (Å²) in [5, 5.41) is 7.48. The fraction of sp³-hybridized carbons (Fsp3) is 0.118. The normalized spacial score (nSPS) is 12.1. The summed E-state index contributed by atoms with van der Waals surface area (Å²) in [6, 6.07) is 16.5. The second kappa shape index (κ2) is 5.79. The number of halogens is 1. The molecule has 1 unspecified atom stereocenters. The monoisotopic (exact) mass is 281 g/mol. The van der Waals surface area contributed by atoms with Crippen LogP contribution >= 0.6 is 0 Å². The Labute approximate surface area is 123 Å². The van der Waals surface area contributed by atoms with Crippen molar-refractivity contribution < 1.29 is 4.39 Å². The van der Waals surface area contributed by atoms with Crippen molar-refractivity contribution in [3.05, 3.63) is 78.4 Å². The minimum absolute atomic E-state index is 0.0956. The predicted molar refractivity (Wildman–Crippen MR) is 82.0 cm³/mol. The van der Waals surface area contributed by atoms with Gasteiger partial charge in [-0.05, 0) is 43.3 Å². The molecule has 1 atom stereocenters. The molecule has 0 aliphatic carbocycles.